The molecule has 1 amide bonds. The van der Waals surface area contributed by atoms with Crippen LogP contribution in [0.15, 0.2) is 58.3 Å². The van der Waals surface area contributed by atoms with Crippen molar-refractivity contribution in [1.82, 2.24) is 9.88 Å². The Bertz CT molecular complexity index is 1190. The van der Waals surface area contributed by atoms with E-state index in [2.05, 4.69) is 9.88 Å². The zero-order valence-electron chi connectivity index (χ0n) is 18.5. The van der Waals surface area contributed by atoms with Crippen LogP contribution in [0.4, 0.5) is 5.13 Å². The SMILES string of the molecule is CS(=O)(=O)c1ccc2nc(N(CCN3CCOCC3)C(=O)CCSc3ccccc3)sc2c1. The minimum Gasteiger partial charge on any atom is -0.379 e. The molecule has 1 fully saturated rings. The molecule has 2 aromatic carbocycles. The van der Waals surface area contributed by atoms with Gasteiger partial charge in [0.1, 0.15) is 0 Å². The van der Waals surface area contributed by atoms with Crippen LogP contribution in [0.5, 0.6) is 0 Å². The highest BCUT2D eigenvalue weighted by molar-refractivity contribution is 7.99. The van der Waals surface area contributed by atoms with Crippen molar-refractivity contribution in [3.8, 4) is 0 Å². The van der Waals surface area contributed by atoms with E-state index in [-0.39, 0.29) is 10.8 Å². The summed E-state index contributed by atoms with van der Waals surface area (Å²) >= 11 is 3.02. The molecule has 0 N–H and O–H groups in total. The van der Waals surface area contributed by atoms with Crippen molar-refractivity contribution in [3.63, 3.8) is 0 Å². The molecule has 176 valence electrons. The van der Waals surface area contributed by atoms with Gasteiger partial charge in [-0.2, -0.15) is 0 Å². The predicted octanol–water partition coefficient (Wildman–Crippen LogP) is 3.55. The maximum Gasteiger partial charge on any atom is 0.229 e. The molecule has 0 saturated carbocycles. The Morgan fingerprint density at radius 2 is 1.94 bits per heavy atom. The lowest BCUT2D eigenvalue weighted by Crippen LogP contribution is -2.43. The lowest BCUT2D eigenvalue weighted by Gasteiger charge is -2.29. The number of thioether (sulfide) groups is 1. The number of thiazole rings is 1. The molecule has 7 nitrogen and oxygen atoms in total. The van der Waals surface area contributed by atoms with Gasteiger partial charge in [-0.25, -0.2) is 13.4 Å². The summed E-state index contributed by atoms with van der Waals surface area (Å²) in [5.74, 6) is 0.703. The van der Waals surface area contributed by atoms with Crippen LogP contribution in [-0.2, 0) is 19.4 Å². The second-order valence-corrected chi connectivity index (χ2v) is 12.0. The number of fused-ring (bicyclic) bond motifs is 1. The monoisotopic (exact) mass is 505 g/mol. The van der Waals surface area contributed by atoms with Crippen molar-refractivity contribution in [2.75, 3.05) is 56.3 Å². The summed E-state index contributed by atoms with van der Waals surface area (Å²) in [5, 5.41) is 0.610. The molecule has 0 unspecified atom stereocenters. The van der Waals surface area contributed by atoms with Gasteiger partial charge in [0.25, 0.3) is 0 Å². The number of carbonyl (C=O) groups excluding carboxylic acids is 1. The second-order valence-electron chi connectivity index (χ2n) is 7.81. The topological polar surface area (TPSA) is 79.8 Å². The normalized spacial score (nSPS) is 15.1. The number of morpholine rings is 1. The third-order valence-electron chi connectivity index (χ3n) is 5.38. The van der Waals surface area contributed by atoms with Gasteiger partial charge in [-0.05, 0) is 30.3 Å². The number of benzene rings is 2. The number of sulfone groups is 1. The highest BCUT2D eigenvalue weighted by atomic mass is 32.2. The molecule has 2 heterocycles. The van der Waals surface area contributed by atoms with E-state index < -0.39 is 9.84 Å². The highest BCUT2D eigenvalue weighted by Crippen LogP contribution is 2.31. The van der Waals surface area contributed by atoms with E-state index in [0.717, 1.165) is 29.2 Å². The smallest absolute Gasteiger partial charge is 0.229 e. The first-order valence-electron chi connectivity index (χ1n) is 10.8. The lowest BCUT2D eigenvalue weighted by atomic mass is 10.3. The minimum atomic E-state index is -3.31. The highest BCUT2D eigenvalue weighted by Gasteiger charge is 2.22. The summed E-state index contributed by atoms with van der Waals surface area (Å²) in [7, 11) is -3.31. The van der Waals surface area contributed by atoms with Gasteiger partial charge in [-0.3, -0.25) is 14.6 Å². The average molecular weight is 506 g/mol. The number of carbonyl (C=O) groups is 1. The number of rotatable bonds is 9. The lowest BCUT2D eigenvalue weighted by molar-refractivity contribution is -0.118. The van der Waals surface area contributed by atoms with Gasteiger partial charge in [0.05, 0.1) is 28.3 Å². The van der Waals surface area contributed by atoms with E-state index in [4.69, 9.17) is 4.74 Å². The molecule has 10 heteroatoms. The van der Waals surface area contributed by atoms with Gasteiger partial charge < -0.3 is 4.74 Å². The first-order valence-corrected chi connectivity index (χ1v) is 14.5. The third-order valence-corrected chi connectivity index (χ3v) is 8.55. The largest absolute Gasteiger partial charge is 0.379 e. The molecule has 0 atom stereocenters. The van der Waals surface area contributed by atoms with Crippen LogP contribution in [0.25, 0.3) is 10.2 Å². The molecule has 0 bridgehead atoms. The van der Waals surface area contributed by atoms with Crippen molar-refractivity contribution in [2.45, 2.75) is 16.2 Å². The zero-order chi connectivity index (χ0) is 23.3. The Balaban J connectivity index is 1.51. The number of hydrogen-bond donors (Lipinski definition) is 0. The van der Waals surface area contributed by atoms with Crippen LogP contribution >= 0.6 is 23.1 Å². The van der Waals surface area contributed by atoms with Crippen LogP contribution in [0.2, 0.25) is 0 Å². The Kier molecular flexibility index (Phi) is 8.02. The number of anilines is 1. The Morgan fingerprint density at radius 1 is 1.18 bits per heavy atom. The van der Waals surface area contributed by atoms with Gasteiger partial charge in [0, 0.05) is 49.5 Å². The molecule has 3 aromatic rings. The van der Waals surface area contributed by atoms with Crippen molar-refractivity contribution in [1.29, 1.82) is 0 Å². The number of ether oxygens (including phenoxy) is 1. The summed E-state index contributed by atoms with van der Waals surface area (Å²) in [6.07, 6.45) is 1.59. The fraction of sp³-hybridized carbons (Fsp3) is 0.391. The fourth-order valence-corrected chi connectivity index (χ4v) is 6.17. The number of hydrogen-bond acceptors (Lipinski definition) is 8. The van der Waals surface area contributed by atoms with E-state index >= 15 is 0 Å². The summed E-state index contributed by atoms with van der Waals surface area (Å²) < 4.78 is 30.1. The summed E-state index contributed by atoms with van der Waals surface area (Å²) in [6, 6.07) is 15.0. The van der Waals surface area contributed by atoms with E-state index in [1.54, 1.807) is 34.9 Å². The van der Waals surface area contributed by atoms with Crippen molar-refractivity contribution >= 4 is 54.2 Å². The third kappa shape index (κ3) is 6.54. The van der Waals surface area contributed by atoms with Crippen LogP contribution in [0.1, 0.15) is 6.42 Å². The maximum absolute atomic E-state index is 13.2. The standard InChI is InChI=1S/C23H27N3O4S3/c1-33(28,29)19-7-8-20-21(17-19)32-23(24-20)26(11-10-25-12-14-30-15-13-25)22(27)9-16-31-18-5-3-2-4-6-18/h2-8,17H,9-16H2,1H3. The molecule has 0 radical (unpaired) electrons. The quantitative estimate of drug-likeness (QED) is 0.412. The summed E-state index contributed by atoms with van der Waals surface area (Å²) in [5.41, 5.74) is 0.699. The molecular weight excluding hydrogens is 478 g/mol. The van der Waals surface area contributed by atoms with Crippen molar-refractivity contribution in [2.24, 2.45) is 0 Å². The molecule has 4 rings (SSSR count). The van der Waals surface area contributed by atoms with E-state index in [9.17, 15) is 13.2 Å². The van der Waals surface area contributed by atoms with Gasteiger partial charge in [-0.1, -0.05) is 29.5 Å². The molecule has 1 aromatic heterocycles. The number of nitrogens with zero attached hydrogens (tertiary/aromatic N) is 3. The summed E-state index contributed by atoms with van der Waals surface area (Å²) in [6.45, 7) is 4.39. The second kappa shape index (κ2) is 11.0. The molecule has 33 heavy (non-hydrogen) atoms. The van der Waals surface area contributed by atoms with Crippen LogP contribution in [-0.4, -0.2) is 75.6 Å². The van der Waals surface area contributed by atoms with E-state index in [1.165, 1.54) is 17.6 Å². The maximum atomic E-state index is 13.2. The Labute approximate surface area is 202 Å². The first kappa shape index (κ1) is 24.2. The molecule has 1 saturated heterocycles. The van der Waals surface area contributed by atoms with Gasteiger partial charge in [0.2, 0.25) is 5.91 Å². The van der Waals surface area contributed by atoms with Crippen LogP contribution in [0, 0.1) is 0 Å². The van der Waals surface area contributed by atoms with Crippen LogP contribution < -0.4 is 4.90 Å². The molecular formula is C23H27N3O4S3. The summed E-state index contributed by atoms with van der Waals surface area (Å²) in [4.78, 5) is 23.4. The van der Waals surface area contributed by atoms with Crippen molar-refractivity contribution < 1.29 is 17.9 Å². The fourth-order valence-electron chi connectivity index (χ4n) is 3.54. The molecule has 1 aliphatic rings. The van der Waals surface area contributed by atoms with Gasteiger partial charge in [-0.15, -0.1) is 11.8 Å². The predicted molar refractivity (Wildman–Crippen MR) is 134 cm³/mol. The molecule has 1 aliphatic heterocycles. The average Bonchev–Trinajstić information content (AvgIpc) is 3.23. The number of amides is 1. The molecule has 0 aliphatic carbocycles. The van der Waals surface area contributed by atoms with Gasteiger partial charge in [0.15, 0.2) is 15.0 Å². The van der Waals surface area contributed by atoms with E-state index in [1.807, 2.05) is 30.3 Å². The Hall–Kier alpha value is -1.98. The molecule has 0 spiro atoms. The Morgan fingerprint density at radius 3 is 2.67 bits per heavy atom. The zero-order valence-corrected chi connectivity index (χ0v) is 20.9. The van der Waals surface area contributed by atoms with Crippen LogP contribution in [0.3, 0.4) is 0 Å². The first-order chi connectivity index (χ1) is 15.9. The number of aromatic nitrogens is 1. The minimum absolute atomic E-state index is 0.0223. The van der Waals surface area contributed by atoms with Gasteiger partial charge >= 0.3 is 0 Å². The van der Waals surface area contributed by atoms with E-state index in [0.29, 0.717) is 42.6 Å². The van der Waals surface area contributed by atoms with Crippen molar-refractivity contribution in [3.05, 3.63) is 48.5 Å².